The van der Waals surface area contributed by atoms with Crippen LogP contribution in [0.25, 0.3) is 10.2 Å². The van der Waals surface area contributed by atoms with Crippen LogP contribution < -0.4 is 10.9 Å². The van der Waals surface area contributed by atoms with E-state index in [1.54, 1.807) is 29.1 Å². The largest absolute Gasteiger partial charge is 0.325 e. The summed E-state index contributed by atoms with van der Waals surface area (Å²) in [7, 11) is 1.79. The van der Waals surface area contributed by atoms with Crippen molar-refractivity contribution < 1.29 is 0 Å². The van der Waals surface area contributed by atoms with Crippen LogP contribution in [0, 0.1) is 0 Å². The predicted octanol–water partition coefficient (Wildman–Crippen LogP) is 3.86. The van der Waals surface area contributed by atoms with Crippen molar-refractivity contribution in [3.63, 3.8) is 0 Å². The van der Waals surface area contributed by atoms with E-state index >= 15 is 0 Å². The number of benzene rings is 1. The molecule has 1 aromatic carbocycles. The van der Waals surface area contributed by atoms with E-state index in [9.17, 15) is 4.79 Å². The van der Waals surface area contributed by atoms with E-state index in [0.29, 0.717) is 12.5 Å². The van der Waals surface area contributed by atoms with Crippen LogP contribution in [-0.2, 0) is 26.4 Å². The zero-order chi connectivity index (χ0) is 19.1. The van der Waals surface area contributed by atoms with Crippen LogP contribution in [0.15, 0.2) is 47.5 Å². The summed E-state index contributed by atoms with van der Waals surface area (Å²) in [5.41, 5.74) is 3.31. The maximum absolute atomic E-state index is 13.0. The van der Waals surface area contributed by atoms with Gasteiger partial charge in [-0.1, -0.05) is 12.1 Å². The summed E-state index contributed by atoms with van der Waals surface area (Å²) in [5.74, 6) is 0.576. The highest BCUT2D eigenvalue weighted by atomic mass is 32.1. The summed E-state index contributed by atoms with van der Waals surface area (Å²) < 4.78 is 3.51. The van der Waals surface area contributed by atoms with Gasteiger partial charge in [0.25, 0.3) is 5.56 Å². The second kappa shape index (κ2) is 6.91. The lowest BCUT2D eigenvalue weighted by molar-refractivity contribution is 0.687. The van der Waals surface area contributed by atoms with Crippen molar-refractivity contribution in [2.24, 2.45) is 7.05 Å². The van der Waals surface area contributed by atoms with E-state index in [2.05, 4.69) is 22.5 Å². The van der Waals surface area contributed by atoms with Crippen LogP contribution in [0.4, 0.5) is 11.6 Å². The number of nitrogens with one attached hydrogen (secondary N) is 1. The molecule has 0 bridgehead atoms. The van der Waals surface area contributed by atoms with Crippen molar-refractivity contribution in [1.82, 2.24) is 19.3 Å². The van der Waals surface area contributed by atoms with Crippen LogP contribution in [0.3, 0.4) is 0 Å². The molecule has 1 N–H and O–H groups in total. The van der Waals surface area contributed by atoms with Gasteiger partial charge in [0.15, 0.2) is 0 Å². The normalized spacial score (nSPS) is 13.6. The quantitative estimate of drug-likeness (QED) is 0.574. The van der Waals surface area contributed by atoms with Gasteiger partial charge in [0.1, 0.15) is 4.83 Å². The summed E-state index contributed by atoms with van der Waals surface area (Å²) in [6.45, 7) is 0.700. The Hall–Kier alpha value is -2.93. The summed E-state index contributed by atoms with van der Waals surface area (Å²) >= 11 is 1.68. The van der Waals surface area contributed by atoms with Gasteiger partial charge in [0, 0.05) is 30.0 Å². The first-order valence-electron chi connectivity index (χ1n) is 9.54. The molecule has 28 heavy (non-hydrogen) atoms. The lowest BCUT2D eigenvalue weighted by Gasteiger charge is -2.12. The van der Waals surface area contributed by atoms with E-state index < -0.39 is 0 Å². The second-order valence-electron chi connectivity index (χ2n) is 7.22. The van der Waals surface area contributed by atoms with E-state index in [-0.39, 0.29) is 5.56 Å². The number of hydrogen-bond donors (Lipinski definition) is 1. The smallest absolute Gasteiger partial charge is 0.263 e. The molecule has 6 nitrogen and oxygen atoms in total. The summed E-state index contributed by atoms with van der Waals surface area (Å²) in [6, 6.07) is 10.0. The molecule has 0 spiro atoms. The van der Waals surface area contributed by atoms with Gasteiger partial charge in [-0.25, -0.2) is 4.98 Å². The van der Waals surface area contributed by atoms with Crippen molar-refractivity contribution in [1.29, 1.82) is 0 Å². The molecule has 0 unspecified atom stereocenters. The zero-order valence-electron chi connectivity index (χ0n) is 15.7. The van der Waals surface area contributed by atoms with Crippen LogP contribution in [0.1, 0.15) is 28.8 Å². The first-order chi connectivity index (χ1) is 13.7. The molecule has 3 aromatic heterocycles. The highest BCUT2D eigenvalue weighted by Gasteiger charge is 2.21. The molecule has 0 fully saturated rings. The number of anilines is 2. The average Bonchev–Trinajstić information content (AvgIpc) is 3.33. The van der Waals surface area contributed by atoms with Gasteiger partial charge in [0.2, 0.25) is 5.95 Å². The highest BCUT2D eigenvalue weighted by Crippen LogP contribution is 2.34. The van der Waals surface area contributed by atoms with Gasteiger partial charge in [-0.3, -0.25) is 14.0 Å². The van der Waals surface area contributed by atoms with Gasteiger partial charge in [-0.05, 0) is 55.0 Å². The molecule has 7 heteroatoms. The second-order valence-corrected chi connectivity index (χ2v) is 8.30. The molecule has 0 saturated heterocycles. The molecule has 142 valence electrons. The van der Waals surface area contributed by atoms with Gasteiger partial charge >= 0.3 is 0 Å². The van der Waals surface area contributed by atoms with E-state index in [1.165, 1.54) is 16.9 Å². The highest BCUT2D eigenvalue weighted by molar-refractivity contribution is 7.18. The third kappa shape index (κ3) is 3.01. The monoisotopic (exact) mass is 391 g/mol. The Morgan fingerprint density at radius 3 is 2.96 bits per heavy atom. The average molecular weight is 392 g/mol. The number of aryl methyl sites for hydroxylation is 2. The number of nitrogens with zero attached hydrogens (tertiary/aromatic N) is 4. The molecule has 0 saturated carbocycles. The lowest BCUT2D eigenvalue weighted by atomic mass is 9.97. The van der Waals surface area contributed by atoms with Crippen molar-refractivity contribution >= 4 is 33.2 Å². The lowest BCUT2D eigenvalue weighted by Crippen LogP contribution is -2.21. The number of hydrogen-bond acceptors (Lipinski definition) is 5. The molecule has 3 heterocycles. The van der Waals surface area contributed by atoms with E-state index in [1.807, 2.05) is 29.1 Å². The first kappa shape index (κ1) is 17.2. The minimum Gasteiger partial charge on any atom is -0.325 e. The standard InChI is InChI=1S/C21H21N5OS/c1-25-20(27)18-16-8-2-3-9-17(16)28-19(18)24-21(25)23-15-7-4-6-14(12-15)13-26-11-5-10-22-26/h4-7,10-12H,2-3,8-9,13H2,1H3,(H,23,24). The number of aromatic nitrogens is 4. The van der Waals surface area contributed by atoms with Crippen molar-refractivity contribution in [2.45, 2.75) is 32.2 Å². The molecule has 4 aromatic rings. The Balaban J connectivity index is 1.50. The molecule has 1 aliphatic carbocycles. The zero-order valence-corrected chi connectivity index (χ0v) is 16.5. The number of rotatable bonds is 4. The minimum atomic E-state index is 0.0413. The van der Waals surface area contributed by atoms with Crippen LogP contribution in [-0.4, -0.2) is 19.3 Å². The fourth-order valence-corrected chi connectivity index (χ4v) is 5.11. The first-order valence-corrected chi connectivity index (χ1v) is 10.4. The van der Waals surface area contributed by atoms with Gasteiger partial charge in [-0.2, -0.15) is 5.10 Å². The van der Waals surface area contributed by atoms with Crippen molar-refractivity contribution in [3.8, 4) is 0 Å². The van der Waals surface area contributed by atoms with Crippen LogP contribution in [0.5, 0.6) is 0 Å². The molecular weight excluding hydrogens is 370 g/mol. The maximum Gasteiger partial charge on any atom is 0.263 e. The van der Waals surface area contributed by atoms with E-state index in [0.717, 1.165) is 40.7 Å². The van der Waals surface area contributed by atoms with Gasteiger partial charge in [-0.15, -0.1) is 11.3 Å². The third-order valence-corrected chi connectivity index (χ3v) is 6.47. The molecule has 0 aliphatic heterocycles. The Bertz CT molecular complexity index is 1210. The predicted molar refractivity (Wildman–Crippen MR) is 113 cm³/mol. The Labute approximate surface area is 166 Å². The molecule has 0 radical (unpaired) electrons. The summed E-state index contributed by atoms with van der Waals surface area (Å²) in [5, 5.41) is 8.41. The van der Waals surface area contributed by atoms with Crippen molar-refractivity contribution in [3.05, 3.63) is 69.1 Å². The Morgan fingerprint density at radius 1 is 1.21 bits per heavy atom. The summed E-state index contributed by atoms with van der Waals surface area (Å²) in [4.78, 5) is 20.0. The molecule has 0 atom stereocenters. The van der Waals surface area contributed by atoms with Crippen LogP contribution in [0.2, 0.25) is 0 Å². The topological polar surface area (TPSA) is 64.7 Å². The molecular formula is C21H21N5OS. The van der Waals surface area contributed by atoms with Gasteiger partial charge in [0.05, 0.1) is 11.9 Å². The Kier molecular flexibility index (Phi) is 4.24. The van der Waals surface area contributed by atoms with Crippen LogP contribution >= 0.6 is 11.3 Å². The Morgan fingerprint density at radius 2 is 2.11 bits per heavy atom. The fraction of sp³-hybridized carbons (Fsp3) is 0.286. The number of thiophene rings is 1. The number of fused-ring (bicyclic) bond motifs is 3. The molecule has 1 aliphatic rings. The maximum atomic E-state index is 13.0. The van der Waals surface area contributed by atoms with E-state index in [4.69, 9.17) is 4.98 Å². The van der Waals surface area contributed by atoms with Gasteiger partial charge < -0.3 is 5.32 Å². The molecule has 5 rings (SSSR count). The fourth-order valence-electron chi connectivity index (χ4n) is 3.86. The summed E-state index contributed by atoms with van der Waals surface area (Å²) in [6.07, 6.45) is 8.14. The third-order valence-electron chi connectivity index (χ3n) is 5.28. The van der Waals surface area contributed by atoms with Crippen molar-refractivity contribution in [2.75, 3.05) is 5.32 Å². The minimum absolute atomic E-state index is 0.0413. The SMILES string of the molecule is Cn1c(Nc2cccc(Cn3cccn3)c2)nc2sc3c(c2c1=O)CCCC3. The molecule has 0 amide bonds.